The maximum absolute atomic E-state index is 13.1. The predicted octanol–water partition coefficient (Wildman–Crippen LogP) is 3.55. The van der Waals surface area contributed by atoms with Gasteiger partial charge in [0, 0.05) is 37.8 Å². The number of piperazine rings is 1. The van der Waals surface area contributed by atoms with E-state index in [4.69, 9.17) is 0 Å². The molecule has 2 N–H and O–H groups in total. The van der Waals surface area contributed by atoms with Crippen LogP contribution >= 0.6 is 0 Å². The maximum atomic E-state index is 13.1. The van der Waals surface area contributed by atoms with Crippen LogP contribution in [-0.4, -0.2) is 36.2 Å². The Kier molecular flexibility index (Phi) is 4.82. The molecule has 0 bridgehead atoms. The van der Waals surface area contributed by atoms with Crippen molar-refractivity contribution >= 4 is 0 Å². The molecular formula is C17H23F3N2O. The van der Waals surface area contributed by atoms with E-state index in [2.05, 4.69) is 10.2 Å². The minimum Gasteiger partial charge on any atom is -0.508 e. The van der Waals surface area contributed by atoms with Crippen molar-refractivity contribution in [3.8, 4) is 5.75 Å². The van der Waals surface area contributed by atoms with Gasteiger partial charge in [0.1, 0.15) is 5.75 Å². The summed E-state index contributed by atoms with van der Waals surface area (Å²) in [5.41, 5.74) is -0.239. The van der Waals surface area contributed by atoms with Gasteiger partial charge in [0.15, 0.2) is 0 Å². The molecule has 1 saturated carbocycles. The number of phenols is 1. The smallest absolute Gasteiger partial charge is 0.416 e. The third-order valence-electron chi connectivity index (χ3n) is 5.06. The van der Waals surface area contributed by atoms with Gasteiger partial charge in [0.2, 0.25) is 0 Å². The van der Waals surface area contributed by atoms with E-state index in [1.807, 2.05) is 0 Å². The highest BCUT2D eigenvalue weighted by Crippen LogP contribution is 2.44. The SMILES string of the molecule is Oc1ccc(C(F)(F)F)cc1[C@H](C1CCCC1)N1CCNCC1. The summed E-state index contributed by atoms with van der Waals surface area (Å²) in [5.74, 6) is 0.302. The summed E-state index contributed by atoms with van der Waals surface area (Å²) in [6.07, 6.45) is -0.110. The molecule has 3 rings (SSSR count). The summed E-state index contributed by atoms with van der Waals surface area (Å²) in [7, 11) is 0. The predicted molar refractivity (Wildman–Crippen MR) is 82.3 cm³/mol. The zero-order chi connectivity index (χ0) is 16.4. The van der Waals surface area contributed by atoms with E-state index in [0.717, 1.165) is 64.0 Å². The van der Waals surface area contributed by atoms with Crippen LogP contribution in [0.4, 0.5) is 13.2 Å². The molecule has 0 amide bonds. The highest BCUT2D eigenvalue weighted by Gasteiger charge is 2.36. The first kappa shape index (κ1) is 16.6. The maximum Gasteiger partial charge on any atom is 0.416 e. The van der Waals surface area contributed by atoms with Crippen LogP contribution in [0.25, 0.3) is 0 Å². The van der Waals surface area contributed by atoms with Crippen LogP contribution in [0.3, 0.4) is 0 Å². The number of halogens is 3. The molecular weight excluding hydrogens is 305 g/mol. The lowest BCUT2D eigenvalue weighted by atomic mass is 9.88. The Hall–Kier alpha value is -1.27. The molecule has 6 heteroatoms. The van der Waals surface area contributed by atoms with Gasteiger partial charge in [0.25, 0.3) is 0 Å². The normalized spacial score (nSPS) is 22.4. The van der Waals surface area contributed by atoms with E-state index in [0.29, 0.717) is 11.5 Å². The van der Waals surface area contributed by atoms with Crippen LogP contribution < -0.4 is 5.32 Å². The van der Waals surface area contributed by atoms with Crippen LogP contribution in [0.2, 0.25) is 0 Å². The summed E-state index contributed by atoms with van der Waals surface area (Å²) in [6, 6.07) is 3.19. The van der Waals surface area contributed by atoms with Crippen molar-refractivity contribution in [2.75, 3.05) is 26.2 Å². The second kappa shape index (κ2) is 6.69. The number of nitrogens with zero attached hydrogens (tertiary/aromatic N) is 1. The lowest BCUT2D eigenvalue weighted by molar-refractivity contribution is -0.137. The Balaban J connectivity index is 1.98. The van der Waals surface area contributed by atoms with E-state index in [9.17, 15) is 18.3 Å². The molecule has 1 aromatic rings. The van der Waals surface area contributed by atoms with Crippen LogP contribution in [0.1, 0.15) is 42.9 Å². The summed E-state index contributed by atoms with van der Waals surface area (Å²) < 4.78 is 39.2. The van der Waals surface area contributed by atoms with Crippen molar-refractivity contribution in [2.24, 2.45) is 5.92 Å². The molecule has 2 fully saturated rings. The first-order valence-electron chi connectivity index (χ1n) is 8.31. The second-order valence-electron chi connectivity index (χ2n) is 6.55. The second-order valence-corrected chi connectivity index (χ2v) is 6.55. The van der Waals surface area contributed by atoms with Gasteiger partial charge in [-0.05, 0) is 37.0 Å². The van der Waals surface area contributed by atoms with E-state index in [1.54, 1.807) is 0 Å². The van der Waals surface area contributed by atoms with Crippen LogP contribution in [0.15, 0.2) is 18.2 Å². The molecule has 3 nitrogen and oxygen atoms in total. The molecule has 1 aliphatic carbocycles. The number of hydrogen-bond acceptors (Lipinski definition) is 3. The molecule has 1 heterocycles. The third kappa shape index (κ3) is 3.63. The first-order valence-corrected chi connectivity index (χ1v) is 8.31. The van der Waals surface area contributed by atoms with Crippen molar-refractivity contribution in [3.05, 3.63) is 29.3 Å². The van der Waals surface area contributed by atoms with Crippen LogP contribution in [0, 0.1) is 5.92 Å². The van der Waals surface area contributed by atoms with Crippen molar-refractivity contribution in [2.45, 2.75) is 37.9 Å². The topological polar surface area (TPSA) is 35.5 Å². The Morgan fingerprint density at radius 3 is 2.39 bits per heavy atom. The van der Waals surface area contributed by atoms with Crippen molar-refractivity contribution in [1.82, 2.24) is 10.2 Å². The molecule has 1 aliphatic heterocycles. The van der Waals surface area contributed by atoms with Gasteiger partial charge in [-0.1, -0.05) is 12.8 Å². The summed E-state index contributed by atoms with van der Waals surface area (Å²) in [4.78, 5) is 2.24. The molecule has 1 aromatic carbocycles. The van der Waals surface area contributed by atoms with Gasteiger partial charge in [0.05, 0.1) is 5.56 Å². The summed E-state index contributed by atoms with van der Waals surface area (Å²) in [6.45, 7) is 3.28. The monoisotopic (exact) mass is 328 g/mol. The Morgan fingerprint density at radius 1 is 1.13 bits per heavy atom. The third-order valence-corrected chi connectivity index (χ3v) is 5.06. The molecule has 1 atom stereocenters. The molecule has 0 radical (unpaired) electrons. The fourth-order valence-electron chi connectivity index (χ4n) is 3.95. The average molecular weight is 328 g/mol. The highest BCUT2D eigenvalue weighted by molar-refractivity contribution is 5.40. The minimum absolute atomic E-state index is 0.0200. The summed E-state index contributed by atoms with van der Waals surface area (Å²) >= 11 is 0. The van der Waals surface area contributed by atoms with Crippen LogP contribution in [0.5, 0.6) is 5.75 Å². The fourth-order valence-corrected chi connectivity index (χ4v) is 3.95. The number of hydrogen-bond donors (Lipinski definition) is 2. The average Bonchev–Trinajstić information content (AvgIpc) is 3.03. The zero-order valence-electron chi connectivity index (χ0n) is 13.1. The molecule has 0 unspecified atom stereocenters. The van der Waals surface area contributed by atoms with Gasteiger partial charge in [-0.15, -0.1) is 0 Å². The minimum atomic E-state index is -4.38. The van der Waals surface area contributed by atoms with Gasteiger partial charge in [-0.3, -0.25) is 4.90 Å². The van der Waals surface area contributed by atoms with Gasteiger partial charge < -0.3 is 10.4 Å². The van der Waals surface area contributed by atoms with E-state index in [-0.39, 0.29) is 11.8 Å². The molecule has 2 aliphatic rings. The first-order chi connectivity index (χ1) is 11.0. The van der Waals surface area contributed by atoms with Crippen LogP contribution in [-0.2, 0) is 6.18 Å². The molecule has 23 heavy (non-hydrogen) atoms. The number of phenolic OH excluding ortho intramolecular Hbond substituents is 1. The summed E-state index contributed by atoms with van der Waals surface area (Å²) in [5, 5.41) is 13.5. The highest BCUT2D eigenvalue weighted by atomic mass is 19.4. The Morgan fingerprint density at radius 2 is 1.78 bits per heavy atom. The number of nitrogens with one attached hydrogen (secondary N) is 1. The lowest BCUT2D eigenvalue weighted by Crippen LogP contribution is -2.46. The molecule has 1 saturated heterocycles. The number of aromatic hydroxyl groups is 1. The molecule has 128 valence electrons. The van der Waals surface area contributed by atoms with Crippen molar-refractivity contribution in [3.63, 3.8) is 0 Å². The number of rotatable bonds is 3. The van der Waals surface area contributed by atoms with Crippen molar-refractivity contribution in [1.29, 1.82) is 0 Å². The standard InChI is InChI=1S/C17H23F3N2O/c18-17(19,20)13-5-6-15(23)14(11-13)16(12-3-1-2-4-12)22-9-7-21-8-10-22/h5-6,11-12,16,21,23H,1-4,7-10H2/t16-/m0/s1. The van der Waals surface area contributed by atoms with Gasteiger partial charge >= 0.3 is 6.18 Å². The molecule has 0 aromatic heterocycles. The van der Waals surface area contributed by atoms with Gasteiger partial charge in [-0.25, -0.2) is 0 Å². The number of alkyl halides is 3. The van der Waals surface area contributed by atoms with E-state index in [1.165, 1.54) is 6.07 Å². The zero-order valence-corrected chi connectivity index (χ0v) is 13.1. The fraction of sp³-hybridized carbons (Fsp3) is 0.647. The number of benzene rings is 1. The largest absolute Gasteiger partial charge is 0.508 e. The Bertz CT molecular complexity index is 535. The van der Waals surface area contributed by atoms with Crippen molar-refractivity contribution < 1.29 is 18.3 Å². The van der Waals surface area contributed by atoms with E-state index >= 15 is 0 Å². The quantitative estimate of drug-likeness (QED) is 0.891. The lowest BCUT2D eigenvalue weighted by Gasteiger charge is -2.39. The molecule has 0 spiro atoms. The van der Waals surface area contributed by atoms with Gasteiger partial charge in [-0.2, -0.15) is 13.2 Å². The van der Waals surface area contributed by atoms with E-state index < -0.39 is 11.7 Å². The Labute approximate surface area is 134 Å².